The summed E-state index contributed by atoms with van der Waals surface area (Å²) in [6.07, 6.45) is -4.76. The van der Waals surface area contributed by atoms with E-state index in [1.165, 1.54) is 24.3 Å². The highest BCUT2D eigenvalue weighted by Gasteiger charge is 2.41. The second kappa shape index (κ2) is 8.08. The smallest absolute Gasteiger partial charge is 0.407 e. The molecule has 152 valence electrons. The van der Waals surface area contributed by atoms with Crippen LogP contribution in [0.2, 0.25) is 10.0 Å². The SMILES string of the molecule is CC(=O)Oc1c(-c2ccccc2)c(C(F)(F)F)nn1C(C)c1ccc(Cl)c(Cl)c1. The first-order valence-electron chi connectivity index (χ1n) is 8.48. The van der Waals surface area contributed by atoms with E-state index in [9.17, 15) is 18.0 Å². The van der Waals surface area contributed by atoms with Gasteiger partial charge in [0, 0.05) is 6.92 Å². The van der Waals surface area contributed by atoms with Crippen LogP contribution in [0, 0.1) is 0 Å². The molecule has 3 aromatic rings. The first-order chi connectivity index (χ1) is 13.6. The molecule has 0 aliphatic rings. The maximum Gasteiger partial charge on any atom is 0.435 e. The molecule has 1 heterocycles. The van der Waals surface area contributed by atoms with Gasteiger partial charge in [-0.2, -0.15) is 18.3 Å². The Balaban J connectivity index is 2.27. The molecule has 3 rings (SSSR count). The van der Waals surface area contributed by atoms with Crippen LogP contribution < -0.4 is 4.74 Å². The number of nitrogens with zero attached hydrogens (tertiary/aromatic N) is 2. The number of carbonyl (C=O) groups excluding carboxylic acids is 1. The van der Waals surface area contributed by atoms with Crippen molar-refractivity contribution in [2.24, 2.45) is 0 Å². The Morgan fingerprint density at radius 2 is 1.76 bits per heavy atom. The number of esters is 1. The van der Waals surface area contributed by atoms with E-state index in [4.69, 9.17) is 27.9 Å². The van der Waals surface area contributed by atoms with Gasteiger partial charge in [0.15, 0.2) is 5.69 Å². The van der Waals surface area contributed by atoms with Crippen molar-refractivity contribution in [2.75, 3.05) is 0 Å². The zero-order valence-corrected chi connectivity index (χ0v) is 16.8. The van der Waals surface area contributed by atoms with E-state index in [0.29, 0.717) is 10.6 Å². The molecule has 9 heteroatoms. The summed E-state index contributed by atoms with van der Waals surface area (Å²) in [6, 6.07) is 11.8. The molecule has 0 fully saturated rings. The monoisotopic (exact) mass is 442 g/mol. The summed E-state index contributed by atoms with van der Waals surface area (Å²) in [4.78, 5) is 11.7. The third kappa shape index (κ3) is 4.41. The fourth-order valence-corrected chi connectivity index (χ4v) is 3.20. The second-order valence-electron chi connectivity index (χ2n) is 6.28. The fourth-order valence-electron chi connectivity index (χ4n) is 2.89. The lowest BCUT2D eigenvalue weighted by Gasteiger charge is -2.16. The summed E-state index contributed by atoms with van der Waals surface area (Å²) in [5.74, 6) is -1.06. The van der Waals surface area contributed by atoms with Gasteiger partial charge in [-0.3, -0.25) is 4.79 Å². The molecule has 0 saturated carbocycles. The van der Waals surface area contributed by atoms with Crippen molar-refractivity contribution >= 4 is 29.2 Å². The molecule has 1 unspecified atom stereocenters. The zero-order chi connectivity index (χ0) is 21.3. The minimum atomic E-state index is -4.76. The Morgan fingerprint density at radius 1 is 1.10 bits per heavy atom. The Labute approximate surface area is 174 Å². The van der Waals surface area contributed by atoms with Crippen LogP contribution in [-0.4, -0.2) is 15.7 Å². The molecule has 0 radical (unpaired) electrons. The zero-order valence-electron chi connectivity index (χ0n) is 15.3. The number of hydrogen-bond acceptors (Lipinski definition) is 3. The lowest BCUT2D eigenvalue weighted by atomic mass is 10.1. The molecule has 0 amide bonds. The average Bonchev–Trinajstić information content (AvgIpc) is 3.03. The maximum atomic E-state index is 13.8. The number of hydrogen-bond donors (Lipinski definition) is 0. The highest BCUT2D eigenvalue weighted by molar-refractivity contribution is 6.42. The molecule has 1 aromatic heterocycles. The van der Waals surface area contributed by atoms with Gasteiger partial charge < -0.3 is 4.74 Å². The Hall–Kier alpha value is -2.51. The second-order valence-corrected chi connectivity index (χ2v) is 7.09. The first kappa shape index (κ1) is 21.2. The van der Waals surface area contributed by atoms with Gasteiger partial charge >= 0.3 is 12.1 Å². The van der Waals surface area contributed by atoms with Crippen molar-refractivity contribution in [3.63, 3.8) is 0 Å². The molecular weight excluding hydrogens is 428 g/mol. The first-order valence-corrected chi connectivity index (χ1v) is 9.23. The average molecular weight is 443 g/mol. The van der Waals surface area contributed by atoms with E-state index >= 15 is 0 Å². The molecule has 0 aliphatic heterocycles. The molecule has 1 atom stereocenters. The van der Waals surface area contributed by atoms with Crippen LogP contribution in [0.25, 0.3) is 11.1 Å². The Morgan fingerprint density at radius 3 is 2.31 bits per heavy atom. The fraction of sp³-hybridized carbons (Fsp3) is 0.200. The van der Waals surface area contributed by atoms with Gasteiger partial charge in [0.05, 0.1) is 21.7 Å². The van der Waals surface area contributed by atoms with Gasteiger partial charge in [0.25, 0.3) is 0 Å². The van der Waals surface area contributed by atoms with Crippen molar-refractivity contribution < 1.29 is 22.7 Å². The number of ether oxygens (including phenoxy) is 1. The molecular formula is C20H15Cl2F3N2O2. The van der Waals surface area contributed by atoms with Crippen LogP contribution in [0.4, 0.5) is 13.2 Å². The lowest BCUT2D eigenvalue weighted by Crippen LogP contribution is -2.14. The van der Waals surface area contributed by atoms with Crippen molar-refractivity contribution in [2.45, 2.75) is 26.1 Å². The number of benzene rings is 2. The van der Waals surface area contributed by atoms with Crippen molar-refractivity contribution in [3.05, 3.63) is 69.8 Å². The lowest BCUT2D eigenvalue weighted by molar-refractivity contribution is -0.141. The molecule has 2 aromatic carbocycles. The predicted octanol–water partition coefficient (Wildman–Crippen LogP) is 6.41. The summed E-state index contributed by atoms with van der Waals surface area (Å²) < 4.78 is 47.6. The molecule has 0 saturated heterocycles. The molecule has 0 aliphatic carbocycles. The van der Waals surface area contributed by atoms with Crippen molar-refractivity contribution in [3.8, 4) is 17.0 Å². The normalized spacial score (nSPS) is 12.7. The van der Waals surface area contributed by atoms with Gasteiger partial charge in [-0.25, -0.2) is 4.68 Å². The van der Waals surface area contributed by atoms with Gasteiger partial charge in [-0.05, 0) is 30.2 Å². The van der Waals surface area contributed by atoms with E-state index < -0.39 is 23.9 Å². The minimum Gasteiger partial charge on any atom is -0.407 e. The van der Waals surface area contributed by atoms with E-state index in [0.717, 1.165) is 11.6 Å². The standard InChI is InChI=1S/C20H15Cl2F3N2O2/c1-11(14-8-9-15(21)16(22)10-14)27-19(29-12(2)28)17(13-6-4-3-5-7-13)18(26-27)20(23,24)25/h3-11H,1-2H3. The Bertz CT molecular complexity index is 1050. The third-order valence-electron chi connectivity index (χ3n) is 4.23. The van der Waals surface area contributed by atoms with Crippen LogP contribution in [-0.2, 0) is 11.0 Å². The number of aromatic nitrogens is 2. The molecule has 29 heavy (non-hydrogen) atoms. The Kier molecular flexibility index (Phi) is 5.91. The van der Waals surface area contributed by atoms with Crippen molar-refractivity contribution in [1.82, 2.24) is 9.78 Å². The highest BCUT2D eigenvalue weighted by Crippen LogP contribution is 2.44. The summed E-state index contributed by atoms with van der Waals surface area (Å²) >= 11 is 12.0. The largest absolute Gasteiger partial charge is 0.435 e. The number of rotatable bonds is 4. The van der Waals surface area contributed by atoms with Crippen LogP contribution in [0.3, 0.4) is 0 Å². The number of halogens is 5. The summed E-state index contributed by atoms with van der Waals surface area (Å²) in [5, 5.41) is 4.33. The van der Waals surface area contributed by atoms with Gasteiger partial charge in [-0.15, -0.1) is 0 Å². The molecule has 4 nitrogen and oxygen atoms in total. The molecule has 0 bridgehead atoms. The topological polar surface area (TPSA) is 44.1 Å². The summed E-state index contributed by atoms with van der Waals surface area (Å²) in [6.45, 7) is 2.73. The minimum absolute atomic E-state index is 0.226. The van der Waals surface area contributed by atoms with Crippen LogP contribution in [0.15, 0.2) is 48.5 Å². The summed E-state index contributed by atoms with van der Waals surface area (Å²) in [7, 11) is 0. The molecule has 0 spiro atoms. The molecule has 0 N–H and O–H groups in total. The van der Waals surface area contributed by atoms with E-state index in [1.54, 1.807) is 31.2 Å². The number of carbonyl (C=O) groups is 1. The van der Waals surface area contributed by atoms with Gasteiger partial charge in [0.2, 0.25) is 5.88 Å². The highest BCUT2D eigenvalue weighted by atomic mass is 35.5. The van der Waals surface area contributed by atoms with Crippen LogP contribution >= 0.6 is 23.2 Å². The predicted molar refractivity (Wildman–Crippen MR) is 104 cm³/mol. The van der Waals surface area contributed by atoms with Crippen molar-refractivity contribution in [1.29, 1.82) is 0 Å². The van der Waals surface area contributed by atoms with Gasteiger partial charge in [0.1, 0.15) is 0 Å². The van der Waals surface area contributed by atoms with E-state index in [1.807, 2.05) is 0 Å². The van der Waals surface area contributed by atoms with Crippen LogP contribution in [0.1, 0.15) is 31.1 Å². The van der Waals surface area contributed by atoms with E-state index in [-0.39, 0.29) is 22.0 Å². The number of alkyl halides is 3. The van der Waals surface area contributed by atoms with E-state index in [2.05, 4.69) is 5.10 Å². The third-order valence-corrected chi connectivity index (χ3v) is 4.97. The van der Waals surface area contributed by atoms with Crippen LogP contribution in [0.5, 0.6) is 5.88 Å². The van der Waals surface area contributed by atoms with Gasteiger partial charge in [-0.1, -0.05) is 59.6 Å². The summed E-state index contributed by atoms with van der Waals surface area (Å²) in [5.41, 5.74) is -0.681. The quantitative estimate of drug-likeness (QED) is 0.438. The maximum absolute atomic E-state index is 13.8.